The van der Waals surface area contributed by atoms with Crippen molar-refractivity contribution in [2.45, 2.75) is 32.2 Å². The number of hydrogen-bond acceptors (Lipinski definition) is 4. The van der Waals surface area contributed by atoms with Crippen LogP contribution in [0.25, 0.3) is 0 Å². The number of nitrogens with zero attached hydrogens (tertiary/aromatic N) is 3. The van der Waals surface area contributed by atoms with E-state index in [1.807, 2.05) is 31.2 Å². The van der Waals surface area contributed by atoms with Crippen molar-refractivity contribution in [1.29, 1.82) is 0 Å². The van der Waals surface area contributed by atoms with Gasteiger partial charge >= 0.3 is 6.18 Å². The molecule has 1 fully saturated rings. The summed E-state index contributed by atoms with van der Waals surface area (Å²) in [5, 5.41) is 0. The van der Waals surface area contributed by atoms with Crippen LogP contribution in [0, 0.1) is 6.92 Å². The Morgan fingerprint density at radius 2 is 1.84 bits per heavy atom. The van der Waals surface area contributed by atoms with Gasteiger partial charge in [-0.15, -0.1) is 0 Å². The first-order valence-electron chi connectivity index (χ1n) is 10.2. The van der Waals surface area contributed by atoms with Gasteiger partial charge in [0.15, 0.2) is 0 Å². The molecule has 162 valence electrons. The number of halogens is 3. The Hall–Kier alpha value is -2.77. The van der Waals surface area contributed by atoms with Crippen LogP contribution < -0.4 is 0 Å². The third-order valence-electron chi connectivity index (χ3n) is 5.33. The van der Waals surface area contributed by atoms with Crippen molar-refractivity contribution < 1.29 is 17.9 Å². The third kappa shape index (κ3) is 5.68. The molecular weight excluding hydrogens is 403 g/mol. The summed E-state index contributed by atoms with van der Waals surface area (Å²) >= 11 is 0. The first-order valence-corrected chi connectivity index (χ1v) is 10.2. The highest BCUT2D eigenvalue weighted by atomic mass is 19.4. The zero-order chi connectivity index (χ0) is 21.8. The Morgan fingerprint density at radius 1 is 1.03 bits per heavy atom. The summed E-state index contributed by atoms with van der Waals surface area (Å²) in [7, 11) is 0. The van der Waals surface area contributed by atoms with Crippen molar-refractivity contribution in [2.24, 2.45) is 0 Å². The van der Waals surface area contributed by atoms with Gasteiger partial charge in [-0.3, -0.25) is 14.9 Å². The lowest BCUT2D eigenvalue weighted by molar-refractivity contribution is -0.137. The molecule has 1 aromatic carbocycles. The van der Waals surface area contributed by atoms with Gasteiger partial charge in [0.05, 0.1) is 17.9 Å². The van der Waals surface area contributed by atoms with Gasteiger partial charge in [-0.2, -0.15) is 13.2 Å². The molecule has 0 aliphatic carbocycles. The van der Waals surface area contributed by atoms with Crippen molar-refractivity contribution >= 4 is 0 Å². The molecular formula is C24H24F3N3O. The quantitative estimate of drug-likeness (QED) is 0.576. The van der Waals surface area contributed by atoms with E-state index in [1.54, 1.807) is 18.5 Å². The summed E-state index contributed by atoms with van der Waals surface area (Å²) in [4.78, 5) is 11.0. The average molecular weight is 427 g/mol. The van der Waals surface area contributed by atoms with E-state index in [2.05, 4.69) is 14.9 Å². The van der Waals surface area contributed by atoms with Crippen molar-refractivity contribution in [1.82, 2.24) is 14.9 Å². The van der Waals surface area contributed by atoms with Crippen LogP contribution >= 0.6 is 0 Å². The highest BCUT2D eigenvalue weighted by molar-refractivity contribution is 5.32. The molecule has 0 radical (unpaired) electrons. The number of benzene rings is 1. The lowest BCUT2D eigenvalue weighted by atomic mass is 10.0. The molecule has 31 heavy (non-hydrogen) atoms. The predicted molar refractivity (Wildman–Crippen MR) is 111 cm³/mol. The molecule has 3 heterocycles. The molecule has 1 atom stereocenters. The Bertz CT molecular complexity index is 1020. The number of pyridine rings is 2. The van der Waals surface area contributed by atoms with Crippen LogP contribution in [0.5, 0.6) is 0 Å². The second-order valence-corrected chi connectivity index (χ2v) is 7.87. The van der Waals surface area contributed by atoms with Crippen LogP contribution in [0.4, 0.5) is 13.2 Å². The van der Waals surface area contributed by atoms with Crippen molar-refractivity contribution in [3.05, 3.63) is 94.6 Å². The number of alkyl halides is 3. The maximum Gasteiger partial charge on any atom is 0.416 e. The minimum Gasteiger partial charge on any atom is -0.369 e. The van der Waals surface area contributed by atoms with Crippen LogP contribution in [0.15, 0.2) is 60.9 Å². The number of ether oxygens (including phenoxy) is 1. The van der Waals surface area contributed by atoms with E-state index in [0.717, 1.165) is 36.1 Å². The number of hydrogen-bond donors (Lipinski definition) is 0. The standard InChI is InChI=1S/C24H24F3N3O/c1-17-11-20(12-19-3-2-4-21(13-19)24(25,26)27)14-22(29-17)23-16-30(9-10-31-23)15-18-5-7-28-8-6-18/h2-8,11,13-14,23H,9-10,12,15-16H2,1H3. The van der Waals surface area contributed by atoms with Gasteiger partial charge in [0, 0.05) is 37.7 Å². The molecule has 2 aromatic heterocycles. The molecule has 7 heteroatoms. The fourth-order valence-corrected chi connectivity index (χ4v) is 3.90. The summed E-state index contributed by atoms with van der Waals surface area (Å²) < 4.78 is 45.1. The molecule has 0 N–H and O–H groups in total. The van der Waals surface area contributed by atoms with E-state index in [0.29, 0.717) is 25.1 Å². The summed E-state index contributed by atoms with van der Waals surface area (Å²) in [6.45, 7) is 4.86. The summed E-state index contributed by atoms with van der Waals surface area (Å²) in [5.41, 5.74) is 3.76. The molecule has 1 aliphatic heterocycles. The fourth-order valence-electron chi connectivity index (χ4n) is 3.90. The number of aryl methyl sites for hydroxylation is 1. The highest BCUT2D eigenvalue weighted by Crippen LogP contribution is 2.30. The zero-order valence-corrected chi connectivity index (χ0v) is 17.3. The lowest BCUT2D eigenvalue weighted by Crippen LogP contribution is -2.38. The van der Waals surface area contributed by atoms with Gasteiger partial charge in [-0.05, 0) is 60.4 Å². The van der Waals surface area contributed by atoms with Crippen molar-refractivity contribution in [3.63, 3.8) is 0 Å². The number of aromatic nitrogens is 2. The topological polar surface area (TPSA) is 38.2 Å². The maximum absolute atomic E-state index is 13.0. The molecule has 1 aliphatic rings. The van der Waals surface area contributed by atoms with E-state index in [1.165, 1.54) is 17.7 Å². The smallest absolute Gasteiger partial charge is 0.369 e. The van der Waals surface area contributed by atoms with Gasteiger partial charge < -0.3 is 4.74 Å². The second kappa shape index (κ2) is 9.16. The average Bonchev–Trinajstić information content (AvgIpc) is 2.74. The first-order chi connectivity index (χ1) is 14.9. The van der Waals surface area contributed by atoms with Gasteiger partial charge in [-0.25, -0.2) is 0 Å². The van der Waals surface area contributed by atoms with E-state index in [4.69, 9.17) is 4.74 Å². The first kappa shape index (κ1) is 21.5. The molecule has 4 nitrogen and oxygen atoms in total. The highest BCUT2D eigenvalue weighted by Gasteiger charge is 2.30. The molecule has 3 aromatic rings. The second-order valence-electron chi connectivity index (χ2n) is 7.87. The van der Waals surface area contributed by atoms with Gasteiger partial charge in [-0.1, -0.05) is 18.2 Å². The minimum absolute atomic E-state index is 0.171. The monoisotopic (exact) mass is 427 g/mol. The molecule has 4 rings (SSSR count). The Balaban J connectivity index is 1.50. The Morgan fingerprint density at radius 3 is 2.61 bits per heavy atom. The van der Waals surface area contributed by atoms with Crippen LogP contribution in [-0.2, 0) is 23.9 Å². The van der Waals surface area contributed by atoms with Gasteiger partial charge in [0.2, 0.25) is 0 Å². The zero-order valence-electron chi connectivity index (χ0n) is 17.3. The Labute approximate surface area is 179 Å². The largest absolute Gasteiger partial charge is 0.416 e. The molecule has 0 spiro atoms. The van der Waals surface area contributed by atoms with Crippen molar-refractivity contribution in [2.75, 3.05) is 19.7 Å². The van der Waals surface area contributed by atoms with Crippen LogP contribution in [-0.4, -0.2) is 34.6 Å². The number of rotatable bonds is 5. The normalized spacial score (nSPS) is 17.6. The number of morpholine rings is 1. The van der Waals surface area contributed by atoms with Crippen LogP contribution in [0.3, 0.4) is 0 Å². The summed E-state index contributed by atoms with van der Waals surface area (Å²) in [6.07, 6.45) is -0.530. The van der Waals surface area contributed by atoms with E-state index in [-0.39, 0.29) is 6.10 Å². The maximum atomic E-state index is 13.0. The molecule has 0 amide bonds. The Kier molecular flexibility index (Phi) is 6.34. The fraction of sp³-hybridized carbons (Fsp3) is 0.333. The third-order valence-corrected chi connectivity index (χ3v) is 5.33. The summed E-state index contributed by atoms with van der Waals surface area (Å²) in [5.74, 6) is 0. The molecule has 1 unspecified atom stereocenters. The molecule has 0 bridgehead atoms. The van der Waals surface area contributed by atoms with E-state index >= 15 is 0 Å². The SMILES string of the molecule is Cc1cc(Cc2cccc(C(F)(F)F)c2)cc(C2CN(Cc3ccncc3)CCO2)n1. The minimum atomic E-state index is -4.34. The van der Waals surface area contributed by atoms with Crippen LogP contribution in [0.2, 0.25) is 0 Å². The molecule has 0 saturated carbocycles. The lowest BCUT2D eigenvalue weighted by Gasteiger charge is -2.33. The molecule has 1 saturated heterocycles. The van der Waals surface area contributed by atoms with Crippen LogP contribution in [0.1, 0.15) is 39.7 Å². The van der Waals surface area contributed by atoms with Gasteiger partial charge in [0.25, 0.3) is 0 Å². The van der Waals surface area contributed by atoms with E-state index < -0.39 is 11.7 Å². The van der Waals surface area contributed by atoms with Crippen molar-refractivity contribution in [3.8, 4) is 0 Å². The van der Waals surface area contributed by atoms with E-state index in [9.17, 15) is 13.2 Å². The predicted octanol–water partition coefficient (Wildman–Crippen LogP) is 4.97. The van der Waals surface area contributed by atoms with Gasteiger partial charge in [0.1, 0.15) is 6.10 Å². The summed E-state index contributed by atoms with van der Waals surface area (Å²) in [6, 6.07) is 13.4.